The van der Waals surface area contributed by atoms with Gasteiger partial charge in [0, 0.05) is 12.1 Å². The Balaban J connectivity index is 1.45. The van der Waals surface area contributed by atoms with Crippen LogP contribution in [0.5, 0.6) is 0 Å². The van der Waals surface area contributed by atoms with Gasteiger partial charge in [0.25, 0.3) is 0 Å². The molecule has 2 heterocycles. The third-order valence-electron chi connectivity index (χ3n) is 5.84. The minimum atomic E-state index is 0.243. The van der Waals surface area contributed by atoms with Crippen LogP contribution in [-0.4, -0.2) is 28.0 Å². The summed E-state index contributed by atoms with van der Waals surface area (Å²) in [6.45, 7) is 5.71. The van der Waals surface area contributed by atoms with Crippen LogP contribution in [0.4, 0.5) is 5.82 Å². The van der Waals surface area contributed by atoms with Crippen LogP contribution in [0.25, 0.3) is 11.3 Å². The number of rotatable bonds is 8. The summed E-state index contributed by atoms with van der Waals surface area (Å²) in [7, 11) is 0. The predicted molar refractivity (Wildman–Crippen MR) is 124 cm³/mol. The normalized spacial score (nSPS) is 15.6. The number of piperidine rings is 1. The number of likely N-dealkylation sites (tertiary alicyclic amines) is 1. The maximum atomic E-state index is 4.85. The average Bonchev–Trinajstić information content (AvgIpc) is 2.81. The topological polar surface area (TPSA) is 41.1 Å². The van der Waals surface area contributed by atoms with E-state index >= 15 is 0 Å². The van der Waals surface area contributed by atoms with Gasteiger partial charge in [-0.1, -0.05) is 74.4 Å². The molecule has 0 radical (unpaired) electrons. The van der Waals surface area contributed by atoms with Crippen LogP contribution in [0.15, 0.2) is 67.0 Å². The van der Waals surface area contributed by atoms with Crippen LogP contribution in [-0.2, 0) is 6.54 Å². The first-order valence-corrected chi connectivity index (χ1v) is 11.3. The molecule has 1 atom stereocenters. The van der Waals surface area contributed by atoms with E-state index in [4.69, 9.17) is 4.98 Å². The molecule has 0 spiro atoms. The van der Waals surface area contributed by atoms with E-state index in [1.165, 1.54) is 43.5 Å². The number of nitrogens with one attached hydrogen (secondary N) is 1. The molecule has 3 aromatic rings. The molecular formula is C26H32N4. The Hall–Kier alpha value is -2.72. The Bertz CT molecular complexity index is 902. The molecule has 1 N–H and O–H groups in total. The van der Waals surface area contributed by atoms with E-state index in [1.807, 2.05) is 12.4 Å². The average molecular weight is 401 g/mol. The maximum Gasteiger partial charge on any atom is 0.145 e. The van der Waals surface area contributed by atoms with Crippen molar-refractivity contribution in [1.29, 1.82) is 0 Å². The molecule has 0 aliphatic carbocycles. The van der Waals surface area contributed by atoms with Crippen molar-refractivity contribution in [2.24, 2.45) is 0 Å². The number of anilines is 1. The Morgan fingerprint density at radius 1 is 0.933 bits per heavy atom. The molecule has 1 unspecified atom stereocenters. The fourth-order valence-corrected chi connectivity index (χ4v) is 4.21. The quantitative estimate of drug-likeness (QED) is 0.497. The minimum absolute atomic E-state index is 0.243. The second kappa shape index (κ2) is 10.4. The van der Waals surface area contributed by atoms with Crippen molar-refractivity contribution < 1.29 is 0 Å². The van der Waals surface area contributed by atoms with E-state index in [-0.39, 0.29) is 6.04 Å². The standard InChI is InChI=1S/C26H32N4/c1-2-9-24(22-10-5-3-6-11-22)28-26-19-27-18-25(29-26)23-14-12-21(13-15-23)20-30-16-7-4-8-17-30/h3,5-6,10-15,18-19,24H,2,4,7-9,16-17,20H2,1H3,(H,28,29). The number of benzene rings is 2. The molecule has 0 bridgehead atoms. The van der Waals surface area contributed by atoms with E-state index in [2.05, 4.69) is 76.7 Å². The number of hydrogen-bond donors (Lipinski definition) is 1. The van der Waals surface area contributed by atoms with Crippen LogP contribution in [0, 0.1) is 0 Å². The van der Waals surface area contributed by atoms with Gasteiger partial charge in [0.05, 0.1) is 24.1 Å². The molecule has 0 saturated carbocycles. The smallest absolute Gasteiger partial charge is 0.145 e. The van der Waals surface area contributed by atoms with Crippen LogP contribution in [0.2, 0.25) is 0 Å². The van der Waals surface area contributed by atoms with Gasteiger partial charge in [-0.3, -0.25) is 9.88 Å². The fourth-order valence-electron chi connectivity index (χ4n) is 4.21. The maximum absolute atomic E-state index is 4.85. The summed E-state index contributed by atoms with van der Waals surface area (Å²) in [6, 6.07) is 19.6. The molecule has 4 rings (SSSR count). The molecule has 4 heteroatoms. The zero-order valence-corrected chi connectivity index (χ0v) is 17.9. The molecule has 1 fully saturated rings. The largest absolute Gasteiger partial charge is 0.362 e. The van der Waals surface area contributed by atoms with Gasteiger partial charge in [0.2, 0.25) is 0 Å². The molecule has 30 heavy (non-hydrogen) atoms. The Morgan fingerprint density at radius 2 is 1.70 bits per heavy atom. The lowest BCUT2D eigenvalue weighted by Gasteiger charge is -2.26. The van der Waals surface area contributed by atoms with Crippen molar-refractivity contribution in [3.8, 4) is 11.3 Å². The van der Waals surface area contributed by atoms with Crippen LogP contribution >= 0.6 is 0 Å². The highest BCUT2D eigenvalue weighted by molar-refractivity contribution is 5.60. The molecule has 1 aliphatic rings. The first-order valence-electron chi connectivity index (χ1n) is 11.3. The lowest BCUT2D eigenvalue weighted by atomic mass is 10.0. The number of nitrogens with zero attached hydrogens (tertiary/aromatic N) is 3. The van der Waals surface area contributed by atoms with Crippen LogP contribution in [0.1, 0.15) is 56.2 Å². The molecular weight excluding hydrogens is 368 g/mol. The summed E-state index contributed by atoms with van der Waals surface area (Å²) in [5.74, 6) is 0.826. The monoisotopic (exact) mass is 400 g/mol. The first kappa shape index (κ1) is 20.5. The SMILES string of the molecule is CCCC(Nc1cncc(-c2ccc(CN3CCCCC3)cc2)n1)c1ccccc1. The zero-order chi connectivity index (χ0) is 20.6. The second-order valence-corrected chi connectivity index (χ2v) is 8.22. The number of hydrogen-bond acceptors (Lipinski definition) is 4. The molecule has 1 aliphatic heterocycles. The zero-order valence-electron chi connectivity index (χ0n) is 17.9. The van der Waals surface area contributed by atoms with Crippen LogP contribution < -0.4 is 5.32 Å². The van der Waals surface area contributed by atoms with Gasteiger partial charge in [-0.2, -0.15) is 0 Å². The lowest BCUT2D eigenvalue weighted by Crippen LogP contribution is -2.28. The van der Waals surface area contributed by atoms with Gasteiger partial charge in [-0.05, 0) is 43.5 Å². The van der Waals surface area contributed by atoms with Gasteiger partial charge in [0.1, 0.15) is 5.82 Å². The Morgan fingerprint density at radius 3 is 2.43 bits per heavy atom. The van der Waals surface area contributed by atoms with Crippen molar-refractivity contribution >= 4 is 5.82 Å². The molecule has 2 aromatic carbocycles. The summed E-state index contributed by atoms with van der Waals surface area (Å²) in [5.41, 5.74) is 4.68. The van der Waals surface area contributed by atoms with E-state index < -0.39 is 0 Å². The van der Waals surface area contributed by atoms with E-state index in [1.54, 1.807) is 0 Å². The van der Waals surface area contributed by atoms with Crippen molar-refractivity contribution in [2.45, 2.75) is 51.6 Å². The van der Waals surface area contributed by atoms with Gasteiger partial charge in [0.15, 0.2) is 0 Å². The highest BCUT2D eigenvalue weighted by atomic mass is 15.1. The van der Waals surface area contributed by atoms with Gasteiger partial charge < -0.3 is 5.32 Å². The Labute approximate surface area is 180 Å². The molecule has 156 valence electrons. The van der Waals surface area contributed by atoms with Crippen molar-refractivity contribution in [1.82, 2.24) is 14.9 Å². The molecule has 1 aromatic heterocycles. The highest BCUT2D eigenvalue weighted by Gasteiger charge is 2.13. The van der Waals surface area contributed by atoms with Crippen molar-refractivity contribution in [3.05, 3.63) is 78.1 Å². The third kappa shape index (κ3) is 5.45. The summed E-state index contributed by atoms with van der Waals surface area (Å²) >= 11 is 0. The van der Waals surface area contributed by atoms with Gasteiger partial charge in [-0.25, -0.2) is 4.98 Å². The number of aromatic nitrogens is 2. The first-order chi connectivity index (χ1) is 14.8. The van der Waals surface area contributed by atoms with Crippen LogP contribution in [0.3, 0.4) is 0 Å². The summed E-state index contributed by atoms with van der Waals surface area (Å²) in [4.78, 5) is 11.9. The van der Waals surface area contributed by atoms with Gasteiger partial charge >= 0.3 is 0 Å². The fraction of sp³-hybridized carbons (Fsp3) is 0.385. The summed E-state index contributed by atoms with van der Waals surface area (Å²) < 4.78 is 0. The van der Waals surface area contributed by atoms with E-state index in [0.717, 1.165) is 36.5 Å². The van der Waals surface area contributed by atoms with Crippen molar-refractivity contribution in [2.75, 3.05) is 18.4 Å². The van der Waals surface area contributed by atoms with Gasteiger partial charge in [-0.15, -0.1) is 0 Å². The highest BCUT2D eigenvalue weighted by Crippen LogP contribution is 2.25. The lowest BCUT2D eigenvalue weighted by molar-refractivity contribution is 0.221. The predicted octanol–water partition coefficient (Wildman–Crippen LogP) is 6.08. The van der Waals surface area contributed by atoms with Crippen molar-refractivity contribution in [3.63, 3.8) is 0 Å². The molecule has 0 amide bonds. The minimum Gasteiger partial charge on any atom is -0.362 e. The van der Waals surface area contributed by atoms with E-state index in [0.29, 0.717) is 0 Å². The second-order valence-electron chi connectivity index (χ2n) is 8.22. The molecule has 4 nitrogen and oxygen atoms in total. The molecule has 1 saturated heterocycles. The van der Waals surface area contributed by atoms with E-state index in [9.17, 15) is 0 Å². The third-order valence-corrected chi connectivity index (χ3v) is 5.84. The summed E-state index contributed by atoms with van der Waals surface area (Å²) in [5, 5.41) is 3.59. The Kier molecular flexibility index (Phi) is 7.09. The summed E-state index contributed by atoms with van der Waals surface area (Å²) in [6.07, 6.45) is 9.87.